The van der Waals surface area contributed by atoms with Crippen LogP contribution in [0.4, 0.5) is 11.4 Å². The van der Waals surface area contributed by atoms with Gasteiger partial charge >= 0.3 is 0 Å². The number of rotatable bonds is 3. The molecule has 4 N–H and O–H groups in total. The van der Waals surface area contributed by atoms with Crippen molar-refractivity contribution in [3.8, 4) is 0 Å². The Bertz CT molecular complexity index is 551. The number of nitrogens with zero attached hydrogens (tertiary/aromatic N) is 1. The zero-order valence-corrected chi connectivity index (χ0v) is 9.97. The lowest BCUT2D eigenvalue weighted by Crippen LogP contribution is -2.15. The van der Waals surface area contributed by atoms with E-state index in [-0.39, 0.29) is 5.91 Å². The third-order valence-corrected chi connectivity index (χ3v) is 2.56. The lowest BCUT2D eigenvalue weighted by molar-refractivity contribution is 0.102. The Morgan fingerprint density at radius 1 is 1.22 bits per heavy atom. The average Bonchev–Trinajstić information content (AvgIpc) is 2.41. The second-order valence-electron chi connectivity index (χ2n) is 3.85. The maximum Gasteiger partial charge on any atom is 0.274 e. The number of hydrogen-bond acceptors (Lipinski definition) is 4. The Balaban J connectivity index is 2.14. The fourth-order valence-electron chi connectivity index (χ4n) is 1.51. The van der Waals surface area contributed by atoms with E-state index in [2.05, 4.69) is 15.7 Å². The number of carbonyl (C=O) groups is 1. The minimum atomic E-state index is -0.243. The molecule has 0 saturated carbocycles. The molecule has 0 unspecified atom stereocenters. The van der Waals surface area contributed by atoms with E-state index < -0.39 is 0 Å². The van der Waals surface area contributed by atoms with Crippen LogP contribution in [0.1, 0.15) is 16.1 Å². The van der Waals surface area contributed by atoms with E-state index >= 15 is 0 Å². The van der Waals surface area contributed by atoms with Gasteiger partial charge in [-0.1, -0.05) is 18.2 Å². The Morgan fingerprint density at radius 3 is 2.61 bits per heavy atom. The number of hydrogen-bond donors (Lipinski definition) is 3. The number of nitrogen functional groups attached to an aromatic ring is 1. The molecule has 1 amide bonds. The summed E-state index contributed by atoms with van der Waals surface area (Å²) in [5.74, 6) is 4.99. The second-order valence-corrected chi connectivity index (χ2v) is 3.85. The van der Waals surface area contributed by atoms with Crippen molar-refractivity contribution in [2.45, 2.75) is 6.92 Å². The van der Waals surface area contributed by atoms with Crippen molar-refractivity contribution in [2.75, 3.05) is 10.7 Å². The van der Waals surface area contributed by atoms with Crippen LogP contribution in [-0.2, 0) is 0 Å². The largest absolute Gasteiger partial charge is 0.323 e. The molecular formula is C13H14N4O. The van der Waals surface area contributed by atoms with Crippen molar-refractivity contribution in [3.05, 3.63) is 53.9 Å². The molecule has 0 saturated heterocycles. The third kappa shape index (κ3) is 2.64. The van der Waals surface area contributed by atoms with Gasteiger partial charge in [-0.15, -0.1) is 0 Å². The van der Waals surface area contributed by atoms with Gasteiger partial charge in [-0.05, 0) is 30.7 Å². The molecule has 5 nitrogen and oxygen atoms in total. The summed E-state index contributed by atoms with van der Waals surface area (Å²) in [6.07, 6.45) is 1.51. The molecule has 0 aliphatic heterocycles. The van der Waals surface area contributed by atoms with Gasteiger partial charge < -0.3 is 10.7 Å². The van der Waals surface area contributed by atoms with Crippen LogP contribution in [0, 0.1) is 6.92 Å². The third-order valence-electron chi connectivity index (χ3n) is 2.56. The molecule has 18 heavy (non-hydrogen) atoms. The van der Waals surface area contributed by atoms with Crippen molar-refractivity contribution in [1.29, 1.82) is 0 Å². The number of hydrazine groups is 1. The fraction of sp³-hybridized carbons (Fsp3) is 0.0769. The van der Waals surface area contributed by atoms with Gasteiger partial charge in [0.05, 0.1) is 11.9 Å². The zero-order chi connectivity index (χ0) is 13.0. The lowest BCUT2D eigenvalue weighted by Gasteiger charge is -2.07. The molecule has 0 spiro atoms. The van der Waals surface area contributed by atoms with Crippen molar-refractivity contribution < 1.29 is 4.79 Å². The number of carbonyl (C=O) groups excluding carboxylic acids is 1. The van der Waals surface area contributed by atoms with E-state index in [0.717, 1.165) is 11.3 Å². The molecule has 0 atom stereocenters. The number of anilines is 2. The number of benzene rings is 1. The van der Waals surface area contributed by atoms with Crippen molar-refractivity contribution in [3.63, 3.8) is 0 Å². The van der Waals surface area contributed by atoms with Gasteiger partial charge in [-0.25, -0.2) is 4.98 Å². The van der Waals surface area contributed by atoms with Crippen molar-refractivity contribution in [2.24, 2.45) is 5.84 Å². The van der Waals surface area contributed by atoms with Crippen molar-refractivity contribution in [1.82, 2.24) is 4.98 Å². The number of aryl methyl sites for hydroxylation is 1. The van der Waals surface area contributed by atoms with Gasteiger partial charge in [0.2, 0.25) is 0 Å². The summed E-state index contributed by atoms with van der Waals surface area (Å²) in [6, 6.07) is 10.9. The van der Waals surface area contributed by atoms with Gasteiger partial charge in [0.1, 0.15) is 5.69 Å². The van der Waals surface area contributed by atoms with Crippen LogP contribution in [0.25, 0.3) is 0 Å². The topological polar surface area (TPSA) is 80.0 Å². The van der Waals surface area contributed by atoms with Crippen LogP contribution in [-0.4, -0.2) is 10.9 Å². The molecular weight excluding hydrogens is 228 g/mol. The Hall–Kier alpha value is -2.40. The molecule has 1 aromatic heterocycles. The van der Waals surface area contributed by atoms with E-state index in [9.17, 15) is 4.79 Å². The summed E-state index contributed by atoms with van der Waals surface area (Å²) < 4.78 is 0. The van der Waals surface area contributed by atoms with E-state index in [4.69, 9.17) is 5.84 Å². The quantitative estimate of drug-likeness (QED) is 0.567. The predicted octanol–water partition coefficient (Wildman–Crippen LogP) is 1.93. The summed E-state index contributed by atoms with van der Waals surface area (Å²) in [5.41, 5.74) is 5.25. The molecule has 0 aliphatic carbocycles. The summed E-state index contributed by atoms with van der Waals surface area (Å²) in [6.45, 7) is 1.94. The highest BCUT2D eigenvalue weighted by Crippen LogP contribution is 2.14. The van der Waals surface area contributed by atoms with Crippen molar-refractivity contribution >= 4 is 17.3 Å². The number of nitrogens with two attached hydrogens (primary N) is 1. The smallest absolute Gasteiger partial charge is 0.274 e. The lowest BCUT2D eigenvalue weighted by atomic mass is 10.2. The Labute approximate surface area is 105 Å². The molecule has 1 aromatic carbocycles. The first kappa shape index (κ1) is 12.1. The predicted molar refractivity (Wildman–Crippen MR) is 71.2 cm³/mol. The van der Waals surface area contributed by atoms with Crippen LogP contribution in [0.3, 0.4) is 0 Å². The maximum absolute atomic E-state index is 11.9. The van der Waals surface area contributed by atoms with Gasteiger partial charge in [0.15, 0.2) is 0 Å². The van der Waals surface area contributed by atoms with Crippen LogP contribution in [0.5, 0.6) is 0 Å². The highest BCUT2D eigenvalue weighted by Gasteiger charge is 2.08. The Kier molecular flexibility index (Phi) is 3.54. The number of aromatic nitrogens is 1. The first-order valence-corrected chi connectivity index (χ1v) is 5.50. The molecule has 2 aromatic rings. The summed E-state index contributed by atoms with van der Waals surface area (Å²) in [7, 11) is 0. The first-order chi connectivity index (χ1) is 8.70. The van der Waals surface area contributed by atoms with Gasteiger partial charge in [0, 0.05) is 5.69 Å². The second kappa shape index (κ2) is 5.29. The molecule has 2 rings (SSSR count). The standard InChI is InChI=1S/C13H14N4O/c1-9-4-2-3-5-11(9)16-13(18)12-7-6-10(17-14)8-15-12/h2-8,17H,14H2,1H3,(H,16,18). The maximum atomic E-state index is 11.9. The molecule has 0 radical (unpaired) electrons. The monoisotopic (exact) mass is 242 g/mol. The van der Waals surface area contributed by atoms with Crippen LogP contribution in [0.2, 0.25) is 0 Å². The number of amides is 1. The first-order valence-electron chi connectivity index (χ1n) is 5.50. The zero-order valence-electron chi connectivity index (χ0n) is 9.97. The van der Waals surface area contributed by atoms with E-state index in [1.54, 1.807) is 12.1 Å². The minimum absolute atomic E-state index is 0.243. The summed E-state index contributed by atoms with van der Waals surface area (Å²) in [5, 5.41) is 2.81. The highest BCUT2D eigenvalue weighted by molar-refractivity contribution is 6.03. The average molecular weight is 242 g/mol. The van der Waals surface area contributed by atoms with Gasteiger partial charge in [-0.2, -0.15) is 0 Å². The number of nitrogens with one attached hydrogen (secondary N) is 2. The van der Waals surface area contributed by atoms with E-state index in [0.29, 0.717) is 11.4 Å². The van der Waals surface area contributed by atoms with Crippen LogP contribution >= 0.6 is 0 Å². The van der Waals surface area contributed by atoms with Crippen LogP contribution < -0.4 is 16.6 Å². The number of pyridine rings is 1. The highest BCUT2D eigenvalue weighted by atomic mass is 16.1. The van der Waals surface area contributed by atoms with Gasteiger partial charge in [-0.3, -0.25) is 10.6 Å². The summed E-state index contributed by atoms with van der Waals surface area (Å²) >= 11 is 0. The molecule has 1 heterocycles. The Morgan fingerprint density at radius 2 is 2.00 bits per heavy atom. The van der Waals surface area contributed by atoms with Gasteiger partial charge in [0.25, 0.3) is 5.91 Å². The minimum Gasteiger partial charge on any atom is -0.323 e. The van der Waals surface area contributed by atoms with E-state index in [1.807, 2.05) is 31.2 Å². The number of para-hydroxylation sites is 1. The molecule has 0 bridgehead atoms. The van der Waals surface area contributed by atoms with E-state index in [1.165, 1.54) is 6.20 Å². The molecule has 0 aliphatic rings. The molecule has 5 heteroatoms. The SMILES string of the molecule is Cc1ccccc1NC(=O)c1ccc(NN)cn1. The summed E-state index contributed by atoms with van der Waals surface area (Å²) in [4.78, 5) is 16.0. The van der Waals surface area contributed by atoms with Crippen LogP contribution in [0.15, 0.2) is 42.6 Å². The normalized spacial score (nSPS) is 9.89. The molecule has 92 valence electrons. The molecule has 0 fully saturated rings. The fourth-order valence-corrected chi connectivity index (χ4v) is 1.51.